The van der Waals surface area contributed by atoms with E-state index in [9.17, 15) is 0 Å². The van der Waals surface area contributed by atoms with Crippen molar-refractivity contribution in [3.63, 3.8) is 0 Å². The molecule has 16 heavy (non-hydrogen) atoms. The number of methoxy groups -OCH3 is 1. The molecule has 0 bridgehead atoms. The summed E-state index contributed by atoms with van der Waals surface area (Å²) < 4.78 is 7.08. The largest absolute Gasteiger partial charge is 0.394 e. The second-order valence-electron chi connectivity index (χ2n) is 4.05. The highest BCUT2D eigenvalue weighted by molar-refractivity contribution is 5.66. The highest BCUT2D eigenvalue weighted by atomic mass is 16.5. The van der Waals surface area contributed by atoms with E-state index < -0.39 is 0 Å². The molecule has 5 heteroatoms. The molecule has 0 saturated heterocycles. The number of hydrogen-bond acceptors (Lipinski definition) is 4. The Bertz CT molecular complexity index is 348. The second kappa shape index (κ2) is 5.21. The number of aromatic nitrogens is 2. The predicted octanol–water partition coefficient (Wildman–Crippen LogP) is 1.26. The van der Waals surface area contributed by atoms with Gasteiger partial charge in [0.1, 0.15) is 0 Å². The van der Waals surface area contributed by atoms with Gasteiger partial charge in [0.15, 0.2) is 5.82 Å². The molecular weight excluding hydrogens is 204 g/mol. The fourth-order valence-electron chi connectivity index (χ4n) is 1.74. The van der Waals surface area contributed by atoms with Gasteiger partial charge in [-0.25, -0.2) is 4.68 Å². The van der Waals surface area contributed by atoms with Crippen LogP contribution in [0.25, 0.3) is 0 Å². The molecule has 0 fully saturated rings. The van der Waals surface area contributed by atoms with Crippen molar-refractivity contribution >= 4 is 11.5 Å². The number of aryl methyl sites for hydroxylation is 2. The molecule has 1 aromatic heterocycles. The number of rotatable bonds is 5. The Balaban J connectivity index is 3.01. The van der Waals surface area contributed by atoms with Crippen LogP contribution in [0.3, 0.4) is 0 Å². The van der Waals surface area contributed by atoms with E-state index >= 15 is 0 Å². The lowest BCUT2D eigenvalue weighted by Gasteiger charge is -2.27. The third kappa shape index (κ3) is 2.29. The molecular formula is C11H22N4O. The summed E-state index contributed by atoms with van der Waals surface area (Å²) in [6.07, 6.45) is 0. The van der Waals surface area contributed by atoms with E-state index in [2.05, 4.69) is 23.8 Å². The summed E-state index contributed by atoms with van der Waals surface area (Å²) in [4.78, 5) is 2.11. The van der Waals surface area contributed by atoms with E-state index in [1.165, 1.54) is 0 Å². The first kappa shape index (κ1) is 12.8. The highest BCUT2D eigenvalue weighted by Gasteiger charge is 2.19. The molecule has 92 valence electrons. The van der Waals surface area contributed by atoms with Crippen molar-refractivity contribution in [2.75, 3.05) is 31.4 Å². The Labute approximate surface area is 97.2 Å². The van der Waals surface area contributed by atoms with Gasteiger partial charge in [-0.3, -0.25) is 0 Å². The van der Waals surface area contributed by atoms with Crippen LogP contribution in [0.1, 0.15) is 19.5 Å². The molecule has 0 radical (unpaired) electrons. The molecule has 1 aromatic rings. The number of anilines is 2. The van der Waals surface area contributed by atoms with Crippen molar-refractivity contribution in [2.45, 2.75) is 33.4 Å². The fourth-order valence-corrected chi connectivity index (χ4v) is 1.74. The molecule has 1 unspecified atom stereocenters. The molecule has 0 saturated carbocycles. The first-order chi connectivity index (χ1) is 7.52. The zero-order chi connectivity index (χ0) is 12.3. The lowest BCUT2D eigenvalue weighted by atomic mass is 10.3. The minimum absolute atomic E-state index is 0.272. The van der Waals surface area contributed by atoms with Crippen molar-refractivity contribution in [2.24, 2.45) is 0 Å². The van der Waals surface area contributed by atoms with Gasteiger partial charge in [0, 0.05) is 20.7 Å². The number of ether oxygens (including phenoxy) is 1. The standard InChI is InChI=1S/C11H22N4O/c1-6-15-11(10(12)9(3)13-15)14(4)8(2)7-16-5/h8H,6-7,12H2,1-5H3. The van der Waals surface area contributed by atoms with E-state index in [1.54, 1.807) is 7.11 Å². The van der Waals surface area contributed by atoms with Crippen LogP contribution in [-0.4, -0.2) is 36.6 Å². The first-order valence-electron chi connectivity index (χ1n) is 5.57. The average molecular weight is 226 g/mol. The summed E-state index contributed by atoms with van der Waals surface area (Å²) in [6, 6.07) is 0.272. The number of nitrogens with zero attached hydrogens (tertiary/aromatic N) is 3. The minimum atomic E-state index is 0.272. The van der Waals surface area contributed by atoms with E-state index in [0.717, 1.165) is 23.7 Å². The second-order valence-corrected chi connectivity index (χ2v) is 4.05. The van der Waals surface area contributed by atoms with Crippen molar-refractivity contribution in [3.05, 3.63) is 5.69 Å². The topological polar surface area (TPSA) is 56.3 Å². The van der Waals surface area contributed by atoms with Crippen LogP contribution < -0.4 is 10.6 Å². The molecule has 0 spiro atoms. The van der Waals surface area contributed by atoms with Gasteiger partial charge < -0.3 is 15.4 Å². The quantitative estimate of drug-likeness (QED) is 0.821. The highest BCUT2D eigenvalue weighted by Crippen LogP contribution is 2.26. The first-order valence-corrected chi connectivity index (χ1v) is 5.57. The van der Waals surface area contributed by atoms with Crippen LogP contribution in [0.2, 0.25) is 0 Å². The summed E-state index contributed by atoms with van der Waals surface area (Å²) in [7, 11) is 3.72. The predicted molar refractivity (Wildman–Crippen MR) is 66.8 cm³/mol. The Morgan fingerprint density at radius 2 is 2.19 bits per heavy atom. The average Bonchev–Trinajstić information content (AvgIpc) is 2.54. The van der Waals surface area contributed by atoms with Crippen molar-refractivity contribution in [3.8, 4) is 0 Å². The SMILES string of the molecule is CCn1nc(C)c(N)c1N(C)C(C)COC. The maximum absolute atomic E-state index is 6.05. The number of nitrogen functional groups attached to an aromatic ring is 1. The number of hydrogen-bond donors (Lipinski definition) is 1. The Morgan fingerprint density at radius 3 is 2.69 bits per heavy atom. The third-order valence-electron chi connectivity index (χ3n) is 2.85. The third-order valence-corrected chi connectivity index (χ3v) is 2.85. The molecule has 0 aliphatic rings. The smallest absolute Gasteiger partial charge is 0.150 e. The van der Waals surface area contributed by atoms with Crippen LogP contribution in [-0.2, 0) is 11.3 Å². The van der Waals surface area contributed by atoms with E-state index in [4.69, 9.17) is 10.5 Å². The van der Waals surface area contributed by atoms with E-state index in [0.29, 0.717) is 6.61 Å². The van der Waals surface area contributed by atoms with Crippen molar-refractivity contribution < 1.29 is 4.74 Å². The number of likely N-dealkylation sites (N-methyl/N-ethyl adjacent to an activating group) is 1. The van der Waals surface area contributed by atoms with Crippen molar-refractivity contribution in [1.82, 2.24) is 9.78 Å². The van der Waals surface area contributed by atoms with Crippen LogP contribution in [0.15, 0.2) is 0 Å². The van der Waals surface area contributed by atoms with Gasteiger partial charge in [-0.1, -0.05) is 0 Å². The summed E-state index contributed by atoms with van der Waals surface area (Å²) in [6.45, 7) is 7.58. The van der Waals surface area contributed by atoms with Gasteiger partial charge >= 0.3 is 0 Å². The molecule has 0 aliphatic carbocycles. The van der Waals surface area contributed by atoms with Crippen LogP contribution in [0, 0.1) is 6.92 Å². The normalized spacial score (nSPS) is 12.8. The van der Waals surface area contributed by atoms with Crippen molar-refractivity contribution in [1.29, 1.82) is 0 Å². The number of nitrogens with two attached hydrogens (primary N) is 1. The van der Waals surface area contributed by atoms with Crippen LogP contribution in [0.5, 0.6) is 0 Å². The van der Waals surface area contributed by atoms with Crippen LogP contribution in [0.4, 0.5) is 11.5 Å². The molecule has 0 aliphatic heterocycles. The Hall–Kier alpha value is -1.23. The lowest BCUT2D eigenvalue weighted by molar-refractivity contribution is 0.183. The monoisotopic (exact) mass is 226 g/mol. The summed E-state index contributed by atoms with van der Waals surface area (Å²) >= 11 is 0. The summed E-state index contributed by atoms with van der Waals surface area (Å²) in [5.41, 5.74) is 7.69. The molecule has 0 amide bonds. The summed E-state index contributed by atoms with van der Waals surface area (Å²) in [5, 5.41) is 4.40. The lowest BCUT2D eigenvalue weighted by Crippen LogP contribution is -2.34. The van der Waals surface area contributed by atoms with E-state index in [1.807, 2.05) is 18.7 Å². The zero-order valence-electron chi connectivity index (χ0n) is 10.8. The molecule has 0 aromatic carbocycles. The van der Waals surface area contributed by atoms with Crippen LogP contribution >= 0.6 is 0 Å². The van der Waals surface area contributed by atoms with Gasteiger partial charge in [-0.05, 0) is 20.8 Å². The fraction of sp³-hybridized carbons (Fsp3) is 0.727. The Morgan fingerprint density at radius 1 is 1.56 bits per heavy atom. The summed E-state index contributed by atoms with van der Waals surface area (Å²) in [5.74, 6) is 0.976. The maximum Gasteiger partial charge on any atom is 0.150 e. The van der Waals surface area contributed by atoms with Gasteiger partial charge in [-0.2, -0.15) is 5.10 Å². The van der Waals surface area contributed by atoms with Gasteiger partial charge in [0.2, 0.25) is 0 Å². The molecule has 1 heterocycles. The van der Waals surface area contributed by atoms with Gasteiger partial charge in [-0.15, -0.1) is 0 Å². The van der Waals surface area contributed by atoms with Gasteiger partial charge in [0.05, 0.1) is 24.0 Å². The molecule has 1 atom stereocenters. The molecule has 2 N–H and O–H groups in total. The van der Waals surface area contributed by atoms with Gasteiger partial charge in [0.25, 0.3) is 0 Å². The Kier molecular flexibility index (Phi) is 4.18. The molecule has 5 nitrogen and oxygen atoms in total. The van der Waals surface area contributed by atoms with E-state index in [-0.39, 0.29) is 6.04 Å². The molecule has 1 rings (SSSR count). The minimum Gasteiger partial charge on any atom is -0.394 e. The maximum atomic E-state index is 6.05. The zero-order valence-corrected chi connectivity index (χ0v) is 10.8.